The highest BCUT2D eigenvalue weighted by molar-refractivity contribution is 7.89. The largest absolute Gasteiger partial charge is 0.477 e. The van der Waals surface area contributed by atoms with Crippen LogP contribution in [0.2, 0.25) is 0 Å². The van der Waals surface area contributed by atoms with Gasteiger partial charge in [0.15, 0.2) is 0 Å². The van der Waals surface area contributed by atoms with Crippen molar-refractivity contribution in [3.8, 4) is 0 Å². The first-order valence-electron chi connectivity index (χ1n) is 5.82. The molecule has 9 heteroatoms. The van der Waals surface area contributed by atoms with E-state index in [1.54, 1.807) is 19.0 Å². The van der Waals surface area contributed by atoms with Crippen molar-refractivity contribution >= 4 is 16.0 Å². The number of hydrogen-bond acceptors (Lipinski definition) is 5. The van der Waals surface area contributed by atoms with Crippen molar-refractivity contribution in [2.45, 2.75) is 17.4 Å². The van der Waals surface area contributed by atoms with E-state index in [-0.39, 0.29) is 23.7 Å². The Kier molecular flexibility index (Phi) is 4.92. The minimum Gasteiger partial charge on any atom is -0.477 e. The van der Waals surface area contributed by atoms with Crippen molar-refractivity contribution in [1.82, 2.24) is 14.6 Å². The molecule has 0 radical (unpaired) electrons. The van der Waals surface area contributed by atoms with Crippen molar-refractivity contribution in [2.75, 3.05) is 27.2 Å². The van der Waals surface area contributed by atoms with Gasteiger partial charge in [0.2, 0.25) is 10.0 Å². The van der Waals surface area contributed by atoms with E-state index in [1.807, 2.05) is 0 Å². The molecule has 1 rings (SSSR count). The summed E-state index contributed by atoms with van der Waals surface area (Å²) in [6, 6.07) is 1.02. The average molecular weight is 305 g/mol. The van der Waals surface area contributed by atoms with E-state index < -0.39 is 21.6 Å². The zero-order valence-corrected chi connectivity index (χ0v) is 12.4. The molecule has 0 aliphatic carbocycles. The van der Waals surface area contributed by atoms with Gasteiger partial charge in [-0.15, -0.1) is 0 Å². The zero-order chi connectivity index (χ0) is 15.6. The van der Waals surface area contributed by atoms with Crippen LogP contribution in [0.25, 0.3) is 0 Å². The Balaban J connectivity index is 2.77. The fourth-order valence-corrected chi connectivity index (χ4v) is 2.88. The highest BCUT2D eigenvalue weighted by Crippen LogP contribution is 2.12. The Labute approximate surface area is 117 Å². The number of nitrogens with one attached hydrogen (secondary N) is 2. The summed E-state index contributed by atoms with van der Waals surface area (Å²) >= 11 is 0. The van der Waals surface area contributed by atoms with Crippen molar-refractivity contribution in [1.29, 1.82) is 0 Å². The van der Waals surface area contributed by atoms with Gasteiger partial charge in [-0.1, -0.05) is 0 Å². The van der Waals surface area contributed by atoms with Crippen LogP contribution in [0.15, 0.2) is 17.2 Å². The molecule has 4 N–H and O–H groups in total. The lowest BCUT2D eigenvalue weighted by Crippen LogP contribution is -2.47. The minimum absolute atomic E-state index is 0.179. The van der Waals surface area contributed by atoms with Crippen LogP contribution >= 0.6 is 0 Å². The number of H-pyrrole nitrogens is 1. The fourth-order valence-electron chi connectivity index (χ4n) is 1.72. The normalized spacial score (nSPS) is 15.2. The number of likely N-dealkylation sites (N-methyl/N-ethyl adjacent to an activating group) is 1. The van der Waals surface area contributed by atoms with Gasteiger partial charge >= 0.3 is 5.97 Å². The zero-order valence-electron chi connectivity index (χ0n) is 11.5. The van der Waals surface area contributed by atoms with Crippen LogP contribution < -0.4 is 4.72 Å². The number of carboxylic acid groups (broad SMARTS) is 1. The second-order valence-electron chi connectivity index (χ2n) is 5.11. The summed E-state index contributed by atoms with van der Waals surface area (Å²) < 4.78 is 26.2. The maximum absolute atomic E-state index is 12.0. The topological polar surface area (TPSA) is 123 Å². The smallest absolute Gasteiger partial charge is 0.352 e. The molecule has 0 fully saturated rings. The maximum Gasteiger partial charge on any atom is 0.352 e. The molecule has 20 heavy (non-hydrogen) atoms. The van der Waals surface area contributed by atoms with E-state index in [4.69, 9.17) is 5.11 Å². The van der Waals surface area contributed by atoms with E-state index in [1.165, 1.54) is 6.92 Å². The molecule has 1 unspecified atom stereocenters. The molecule has 0 bridgehead atoms. The average Bonchev–Trinajstić information content (AvgIpc) is 2.75. The fraction of sp³-hybridized carbons (Fsp3) is 0.545. The number of hydrogen-bond donors (Lipinski definition) is 4. The Hall–Kier alpha value is -1.42. The van der Waals surface area contributed by atoms with Gasteiger partial charge in [0, 0.05) is 19.3 Å². The Morgan fingerprint density at radius 2 is 2.10 bits per heavy atom. The Morgan fingerprint density at radius 3 is 2.55 bits per heavy atom. The molecule has 1 aromatic rings. The lowest BCUT2D eigenvalue weighted by molar-refractivity contribution is 0.0386. The summed E-state index contributed by atoms with van der Waals surface area (Å²) in [5.41, 5.74) is -1.45. The lowest BCUT2D eigenvalue weighted by Gasteiger charge is -2.26. The molecule has 8 nitrogen and oxygen atoms in total. The summed E-state index contributed by atoms with van der Waals surface area (Å²) in [6.45, 7) is 1.61. The molecule has 1 aromatic heterocycles. The second-order valence-corrected chi connectivity index (χ2v) is 6.88. The van der Waals surface area contributed by atoms with Gasteiger partial charge in [0.1, 0.15) is 10.6 Å². The van der Waals surface area contributed by atoms with Gasteiger partial charge in [0.25, 0.3) is 0 Å². The Morgan fingerprint density at radius 1 is 1.50 bits per heavy atom. The van der Waals surface area contributed by atoms with Crippen LogP contribution in [0.1, 0.15) is 17.4 Å². The lowest BCUT2D eigenvalue weighted by atomic mass is 10.1. The minimum atomic E-state index is -3.87. The van der Waals surface area contributed by atoms with E-state index in [0.29, 0.717) is 0 Å². The molecule has 1 atom stereocenters. The molecule has 0 spiro atoms. The van der Waals surface area contributed by atoms with Gasteiger partial charge in [-0.3, -0.25) is 0 Å². The highest BCUT2D eigenvalue weighted by Gasteiger charge is 2.25. The summed E-state index contributed by atoms with van der Waals surface area (Å²) in [5, 5.41) is 18.7. The third kappa shape index (κ3) is 4.60. The monoisotopic (exact) mass is 305 g/mol. The number of sulfonamides is 1. The first kappa shape index (κ1) is 16.6. The van der Waals surface area contributed by atoms with Gasteiger partial charge in [-0.25, -0.2) is 17.9 Å². The molecule has 0 amide bonds. The number of aromatic nitrogens is 1. The first-order valence-corrected chi connectivity index (χ1v) is 7.30. The van der Waals surface area contributed by atoms with E-state index in [2.05, 4.69) is 9.71 Å². The van der Waals surface area contributed by atoms with E-state index >= 15 is 0 Å². The van der Waals surface area contributed by atoms with Crippen LogP contribution in [-0.4, -0.2) is 67.3 Å². The second kappa shape index (κ2) is 5.92. The predicted molar refractivity (Wildman–Crippen MR) is 72.1 cm³/mol. The summed E-state index contributed by atoms with van der Waals surface area (Å²) in [4.78, 5) is 14.6. The quantitative estimate of drug-likeness (QED) is 0.528. The highest BCUT2D eigenvalue weighted by atomic mass is 32.2. The summed E-state index contributed by atoms with van der Waals surface area (Å²) in [5.74, 6) is -1.24. The van der Waals surface area contributed by atoms with Gasteiger partial charge in [-0.05, 0) is 27.1 Å². The first-order chi connectivity index (χ1) is 9.03. The third-order valence-electron chi connectivity index (χ3n) is 2.50. The summed E-state index contributed by atoms with van der Waals surface area (Å²) in [7, 11) is -0.349. The van der Waals surface area contributed by atoms with Gasteiger partial charge in [0.05, 0.1) is 5.60 Å². The predicted octanol–water partition coefficient (Wildman–Crippen LogP) is -0.696. The third-order valence-corrected chi connectivity index (χ3v) is 3.88. The molecule has 1 heterocycles. The standard InChI is InChI=1S/C11H19N3O5S/c1-11(17,7-14(2)3)6-13-20(18,19)8-4-9(10(15)16)12-5-8/h4-5,12-13,17H,6-7H2,1-3H3,(H,15,16). The number of rotatable bonds is 7. The summed E-state index contributed by atoms with van der Waals surface area (Å²) in [6.07, 6.45) is 1.09. The Bertz CT molecular complexity index is 577. The SMILES string of the molecule is CN(C)CC(C)(O)CNS(=O)(=O)c1c[nH]c(C(=O)O)c1. The van der Waals surface area contributed by atoms with Crippen LogP contribution in [0.3, 0.4) is 0 Å². The van der Waals surface area contributed by atoms with Crippen molar-refractivity contribution in [2.24, 2.45) is 0 Å². The molecule has 0 aromatic carbocycles. The van der Waals surface area contributed by atoms with Gasteiger partial charge < -0.3 is 20.1 Å². The van der Waals surface area contributed by atoms with Gasteiger partial charge in [-0.2, -0.15) is 0 Å². The molecule has 0 aliphatic heterocycles. The molecule has 114 valence electrons. The van der Waals surface area contributed by atoms with Crippen LogP contribution in [-0.2, 0) is 10.0 Å². The number of nitrogens with zero attached hydrogens (tertiary/aromatic N) is 1. The van der Waals surface area contributed by atoms with Crippen molar-refractivity contribution in [3.63, 3.8) is 0 Å². The molecule has 0 saturated carbocycles. The number of carboxylic acids is 1. The van der Waals surface area contributed by atoms with Crippen molar-refractivity contribution < 1.29 is 23.4 Å². The van der Waals surface area contributed by atoms with Crippen LogP contribution in [0, 0.1) is 0 Å². The van der Waals surface area contributed by atoms with E-state index in [0.717, 1.165) is 12.3 Å². The number of aromatic amines is 1. The van der Waals surface area contributed by atoms with Crippen molar-refractivity contribution in [3.05, 3.63) is 18.0 Å². The molecular weight excluding hydrogens is 286 g/mol. The number of aliphatic hydroxyl groups is 1. The molecule has 0 saturated heterocycles. The van der Waals surface area contributed by atoms with Crippen LogP contribution in [0.5, 0.6) is 0 Å². The van der Waals surface area contributed by atoms with E-state index in [9.17, 15) is 18.3 Å². The molecular formula is C11H19N3O5S. The molecule has 0 aliphatic rings. The number of carbonyl (C=O) groups is 1. The maximum atomic E-state index is 12.0. The number of aromatic carboxylic acids is 1. The van der Waals surface area contributed by atoms with Crippen LogP contribution in [0.4, 0.5) is 0 Å².